The summed E-state index contributed by atoms with van der Waals surface area (Å²) in [4.78, 5) is 0. The maximum absolute atomic E-state index is 6.00. The Bertz CT molecular complexity index is 319. The predicted octanol–water partition coefficient (Wildman–Crippen LogP) is 3.04. The first-order chi connectivity index (χ1) is 6.27. The van der Waals surface area contributed by atoms with Gasteiger partial charge in [0.25, 0.3) is 0 Å². The zero-order valence-corrected chi connectivity index (χ0v) is 10.1. The Labute approximate surface area is 98.4 Å². The molecule has 14 heavy (non-hydrogen) atoms. The maximum Gasteiger partial charge on any atom is 0.125 e. The van der Waals surface area contributed by atoms with Gasteiger partial charge in [-0.25, -0.2) is 0 Å². The van der Waals surface area contributed by atoms with Gasteiger partial charge in [0.05, 0.1) is 6.61 Å². The summed E-state index contributed by atoms with van der Waals surface area (Å²) >= 11 is 3.42. The molecule has 0 spiro atoms. The van der Waals surface area contributed by atoms with Crippen molar-refractivity contribution in [1.82, 2.24) is 0 Å². The first-order valence-corrected chi connectivity index (χ1v) is 5.24. The van der Waals surface area contributed by atoms with Crippen molar-refractivity contribution in [1.29, 1.82) is 0 Å². The number of rotatable bonds is 0. The van der Waals surface area contributed by atoms with E-state index in [9.17, 15) is 0 Å². The molecule has 0 bridgehead atoms. The van der Waals surface area contributed by atoms with Crippen LogP contribution in [0.4, 0.5) is 0 Å². The highest BCUT2D eigenvalue weighted by Gasteiger charge is 2.15. The zero-order chi connectivity index (χ0) is 9.26. The van der Waals surface area contributed by atoms with Crippen molar-refractivity contribution in [3.63, 3.8) is 0 Å². The van der Waals surface area contributed by atoms with Gasteiger partial charge in [-0.1, -0.05) is 22.0 Å². The molecule has 1 aromatic carbocycles. The maximum atomic E-state index is 6.00. The Hall–Kier alpha value is -0.250. The molecule has 1 heterocycles. The van der Waals surface area contributed by atoms with Crippen molar-refractivity contribution >= 4 is 28.3 Å². The highest BCUT2D eigenvalue weighted by atomic mass is 79.9. The van der Waals surface area contributed by atoms with E-state index in [1.54, 1.807) is 0 Å². The summed E-state index contributed by atoms with van der Waals surface area (Å²) < 4.78 is 6.63. The molecule has 2 nitrogen and oxygen atoms in total. The standard InChI is InChI=1S/C10H12BrNO.ClH/c11-7-3-4-8-9(12)2-1-5-13-10(8)6-7;/h3-4,6,9H,1-2,5,12H2;1H. The molecule has 0 saturated carbocycles. The van der Waals surface area contributed by atoms with Gasteiger partial charge in [-0.15, -0.1) is 12.4 Å². The van der Waals surface area contributed by atoms with Crippen molar-refractivity contribution < 1.29 is 4.74 Å². The quantitative estimate of drug-likeness (QED) is 0.792. The van der Waals surface area contributed by atoms with E-state index in [0.29, 0.717) is 0 Å². The van der Waals surface area contributed by atoms with Crippen LogP contribution in [0.3, 0.4) is 0 Å². The van der Waals surface area contributed by atoms with E-state index in [2.05, 4.69) is 15.9 Å². The molecule has 1 unspecified atom stereocenters. The number of ether oxygens (including phenoxy) is 1. The summed E-state index contributed by atoms with van der Waals surface area (Å²) in [5.41, 5.74) is 7.13. The average molecular weight is 279 g/mol. The molecular formula is C10H13BrClNO. The molecule has 2 N–H and O–H groups in total. The summed E-state index contributed by atoms with van der Waals surface area (Å²) in [5, 5.41) is 0. The van der Waals surface area contributed by atoms with Crippen LogP contribution < -0.4 is 10.5 Å². The van der Waals surface area contributed by atoms with Crippen LogP contribution in [-0.2, 0) is 0 Å². The molecule has 0 fully saturated rings. The lowest BCUT2D eigenvalue weighted by atomic mass is 10.0. The number of hydrogen-bond acceptors (Lipinski definition) is 2. The lowest BCUT2D eigenvalue weighted by Gasteiger charge is -2.11. The largest absolute Gasteiger partial charge is 0.493 e. The predicted molar refractivity (Wildman–Crippen MR) is 63.0 cm³/mol. The number of halogens is 2. The molecule has 1 aromatic rings. The summed E-state index contributed by atoms with van der Waals surface area (Å²) in [5.74, 6) is 0.930. The summed E-state index contributed by atoms with van der Waals surface area (Å²) in [6.45, 7) is 0.775. The molecule has 0 aromatic heterocycles. The Morgan fingerprint density at radius 1 is 1.43 bits per heavy atom. The van der Waals surface area contributed by atoms with Crippen LogP contribution in [0.25, 0.3) is 0 Å². The van der Waals surface area contributed by atoms with Crippen molar-refractivity contribution in [2.75, 3.05) is 6.61 Å². The molecule has 1 aliphatic rings. The van der Waals surface area contributed by atoms with Crippen LogP contribution in [0.15, 0.2) is 22.7 Å². The van der Waals surface area contributed by atoms with E-state index in [-0.39, 0.29) is 18.4 Å². The third-order valence-corrected chi connectivity index (χ3v) is 2.79. The van der Waals surface area contributed by atoms with Gasteiger partial charge in [0, 0.05) is 16.1 Å². The lowest BCUT2D eigenvalue weighted by molar-refractivity contribution is 0.316. The first-order valence-electron chi connectivity index (χ1n) is 4.45. The second-order valence-corrected chi connectivity index (χ2v) is 4.20. The highest BCUT2D eigenvalue weighted by molar-refractivity contribution is 9.10. The fourth-order valence-electron chi connectivity index (χ4n) is 1.58. The Kier molecular flexibility index (Phi) is 4.23. The normalized spacial score (nSPS) is 20.0. The minimum atomic E-state index is 0. The molecule has 0 aliphatic carbocycles. The first kappa shape index (κ1) is 11.8. The fraction of sp³-hybridized carbons (Fsp3) is 0.400. The molecular weight excluding hydrogens is 265 g/mol. The number of fused-ring (bicyclic) bond motifs is 1. The second kappa shape index (κ2) is 5.01. The minimum absolute atomic E-state index is 0. The summed E-state index contributed by atoms with van der Waals surface area (Å²) in [6.07, 6.45) is 2.04. The van der Waals surface area contributed by atoms with E-state index in [4.69, 9.17) is 10.5 Å². The zero-order valence-electron chi connectivity index (χ0n) is 7.70. The molecule has 1 atom stereocenters. The van der Waals surface area contributed by atoms with Crippen LogP contribution in [0.2, 0.25) is 0 Å². The summed E-state index contributed by atoms with van der Waals surface area (Å²) in [7, 11) is 0. The van der Waals surface area contributed by atoms with Gasteiger partial charge in [-0.3, -0.25) is 0 Å². The van der Waals surface area contributed by atoms with E-state index in [1.807, 2.05) is 18.2 Å². The van der Waals surface area contributed by atoms with Crippen molar-refractivity contribution in [2.24, 2.45) is 5.73 Å². The molecule has 0 saturated heterocycles. The van der Waals surface area contributed by atoms with Gasteiger partial charge >= 0.3 is 0 Å². The lowest BCUT2D eigenvalue weighted by Crippen LogP contribution is -2.08. The Morgan fingerprint density at radius 3 is 3.00 bits per heavy atom. The van der Waals surface area contributed by atoms with Crippen LogP contribution in [0.5, 0.6) is 5.75 Å². The summed E-state index contributed by atoms with van der Waals surface area (Å²) in [6, 6.07) is 6.16. The van der Waals surface area contributed by atoms with E-state index >= 15 is 0 Å². The van der Waals surface area contributed by atoms with E-state index < -0.39 is 0 Å². The second-order valence-electron chi connectivity index (χ2n) is 3.28. The SMILES string of the molecule is Cl.NC1CCCOc2cc(Br)ccc21. The van der Waals surface area contributed by atoms with Crippen molar-refractivity contribution in [3.05, 3.63) is 28.2 Å². The fourth-order valence-corrected chi connectivity index (χ4v) is 1.92. The average Bonchev–Trinajstić information content (AvgIpc) is 2.28. The molecule has 78 valence electrons. The van der Waals surface area contributed by atoms with Gasteiger partial charge in [0.1, 0.15) is 5.75 Å². The highest BCUT2D eigenvalue weighted by Crippen LogP contribution is 2.32. The van der Waals surface area contributed by atoms with E-state index in [1.165, 1.54) is 0 Å². The van der Waals surface area contributed by atoms with Gasteiger partial charge in [-0.05, 0) is 25.0 Å². The molecule has 2 rings (SSSR count). The smallest absolute Gasteiger partial charge is 0.125 e. The third kappa shape index (κ3) is 2.41. The molecule has 0 amide bonds. The number of hydrogen-bond donors (Lipinski definition) is 1. The van der Waals surface area contributed by atoms with Gasteiger partial charge in [0.15, 0.2) is 0 Å². The Morgan fingerprint density at radius 2 is 2.21 bits per heavy atom. The third-order valence-electron chi connectivity index (χ3n) is 2.29. The van der Waals surface area contributed by atoms with Crippen LogP contribution in [0.1, 0.15) is 24.4 Å². The molecule has 4 heteroatoms. The van der Waals surface area contributed by atoms with Gasteiger partial charge in [-0.2, -0.15) is 0 Å². The van der Waals surface area contributed by atoms with Gasteiger partial charge < -0.3 is 10.5 Å². The number of benzene rings is 1. The topological polar surface area (TPSA) is 35.2 Å². The van der Waals surface area contributed by atoms with Crippen LogP contribution >= 0.6 is 28.3 Å². The monoisotopic (exact) mass is 277 g/mol. The number of nitrogens with two attached hydrogens (primary N) is 1. The molecule has 1 aliphatic heterocycles. The van der Waals surface area contributed by atoms with Gasteiger partial charge in [0.2, 0.25) is 0 Å². The van der Waals surface area contributed by atoms with E-state index in [0.717, 1.165) is 35.2 Å². The minimum Gasteiger partial charge on any atom is -0.493 e. The van der Waals surface area contributed by atoms with Crippen molar-refractivity contribution in [3.8, 4) is 5.75 Å². The Balaban J connectivity index is 0.000000980. The van der Waals surface area contributed by atoms with Crippen LogP contribution in [0, 0.1) is 0 Å². The van der Waals surface area contributed by atoms with Crippen LogP contribution in [-0.4, -0.2) is 6.61 Å². The van der Waals surface area contributed by atoms with Crippen molar-refractivity contribution in [2.45, 2.75) is 18.9 Å². The molecule has 0 radical (unpaired) electrons.